The Hall–Kier alpha value is -4.21. The molecule has 0 aliphatic carbocycles. The zero-order valence-corrected chi connectivity index (χ0v) is 25.0. The van der Waals surface area contributed by atoms with E-state index in [0.29, 0.717) is 12.5 Å². The average molecular weight is 579 g/mol. The van der Waals surface area contributed by atoms with Crippen molar-refractivity contribution < 1.29 is 0 Å². The molecule has 1 saturated heterocycles. The molecule has 0 saturated carbocycles. The number of nitrogens with zero attached hydrogens (tertiary/aromatic N) is 3. The molecule has 0 aromatic carbocycles. The van der Waals surface area contributed by atoms with E-state index in [1.54, 1.807) is 17.5 Å². The molecule has 4 aromatic rings. The third-order valence-corrected chi connectivity index (χ3v) is 8.85. The van der Waals surface area contributed by atoms with Crippen molar-refractivity contribution in [2.45, 2.75) is 39.0 Å². The fraction of sp³-hybridized carbons (Fsp3) is 0.303. The molecule has 0 bridgehead atoms. The van der Waals surface area contributed by atoms with Gasteiger partial charge in [0.25, 0.3) is 0 Å². The summed E-state index contributed by atoms with van der Waals surface area (Å²) in [6.45, 7) is 11.4. The Bertz CT molecular complexity index is 1750. The summed E-state index contributed by atoms with van der Waals surface area (Å²) in [5, 5.41) is 18.9. The van der Waals surface area contributed by atoms with Crippen LogP contribution in [0.3, 0.4) is 0 Å². The van der Waals surface area contributed by atoms with Gasteiger partial charge in [-0.15, -0.1) is 11.3 Å². The summed E-state index contributed by atoms with van der Waals surface area (Å²) < 4.78 is 0. The van der Waals surface area contributed by atoms with Crippen LogP contribution in [0.25, 0.3) is 29.1 Å². The van der Waals surface area contributed by atoms with Gasteiger partial charge in [0.05, 0.1) is 35.2 Å². The molecule has 4 aromatic heterocycles. The summed E-state index contributed by atoms with van der Waals surface area (Å²) in [5.74, 6) is 0.946. The average Bonchev–Trinajstić information content (AvgIpc) is 3.73. The number of hydrogen-bond acceptors (Lipinski definition) is 7. The van der Waals surface area contributed by atoms with Gasteiger partial charge in [0.15, 0.2) is 0 Å². The quantitative estimate of drug-likeness (QED) is 0.197. The standard InChI is InChI=1S/C33H38N8S/c1-20(2)32-25(27(17-34)31-5-4-12-42-31)15-30(39-32)33-26-16-29(37-11-8-28(26)40-41-33)23-14-24(19-36-18-23)38-21(3)13-22-6-9-35-10-7-22/h4-5,8,12,14-20,22,35,38-40H,3,6-7,9-11,13,34H2,1-2H3/b27-17+. The highest BCUT2D eigenvalue weighted by Crippen LogP contribution is 2.34. The van der Waals surface area contributed by atoms with E-state index in [-0.39, 0.29) is 5.92 Å². The number of rotatable bonds is 9. The number of thiophene rings is 1. The number of pyridine rings is 1. The first-order valence-corrected chi connectivity index (χ1v) is 15.5. The van der Waals surface area contributed by atoms with Gasteiger partial charge in [-0.1, -0.05) is 26.5 Å². The minimum atomic E-state index is 0.278. The lowest BCUT2D eigenvalue weighted by molar-refractivity contribution is 0.373. The highest BCUT2D eigenvalue weighted by Gasteiger charge is 2.20. The maximum Gasteiger partial charge on any atom is 0.116 e. The second-order valence-electron chi connectivity index (χ2n) is 11.3. The Morgan fingerprint density at radius 3 is 2.86 bits per heavy atom. The van der Waals surface area contributed by atoms with Crippen LogP contribution in [-0.2, 0) is 0 Å². The van der Waals surface area contributed by atoms with E-state index in [9.17, 15) is 0 Å². The van der Waals surface area contributed by atoms with Gasteiger partial charge in [-0.25, -0.2) is 0 Å². The minimum absolute atomic E-state index is 0.278. The van der Waals surface area contributed by atoms with Gasteiger partial charge >= 0.3 is 0 Å². The van der Waals surface area contributed by atoms with Gasteiger partial charge in [-0.3, -0.25) is 15.1 Å². The number of H-pyrrole nitrogens is 2. The van der Waals surface area contributed by atoms with E-state index >= 15 is 0 Å². The first-order valence-electron chi connectivity index (χ1n) is 14.6. The smallest absolute Gasteiger partial charge is 0.116 e. The SMILES string of the molecule is C=C(CC1CCNCC1)Nc1cncc(C2=NCC=c3[nH]nc(-c4cc(/C(=C\N)c5cccs5)c(C(C)C)[nH]4)c3=C2)c1. The summed E-state index contributed by atoms with van der Waals surface area (Å²) in [4.78, 5) is 14.2. The monoisotopic (exact) mass is 578 g/mol. The lowest BCUT2D eigenvalue weighted by atomic mass is 9.93. The van der Waals surface area contributed by atoms with E-state index in [1.807, 2.05) is 12.4 Å². The molecule has 1 fully saturated rings. The molecular weight excluding hydrogens is 540 g/mol. The zero-order chi connectivity index (χ0) is 29.1. The van der Waals surface area contributed by atoms with Gasteiger partial charge < -0.3 is 21.4 Å². The summed E-state index contributed by atoms with van der Waals surface area (Å²) in [6, 6.07) is 8.42. The molecule has 0 radical (unpaired) electrons. The maximum absolute atomic E-state index is 6.16. The summed E-state index contributed by atoms with van der Waals surface area (Å²) in [6.07, 6.45) is 13.0. The van der Waals surface area contributed by atoms with E-state index in [1.165, 1.54) is 12.8 Å². The Morgan fingerprint density at radius 1 is 1.24 bits per heavy atom. The van der Waals surface area contributed by atoms with Gasteiger partial charge in [-0.05, 0) is 79.9 Å². The second-order valence-corrected chi connectivity index (χ2v) is 12.2. The van der Waals surface area contributed by atoms with Crippen LogP contribution < -0.4 is 26.9 Å². The van der Waals surface area contributed by atoms with Crippen LogP contribution in [0, 0.1) is 5.92 Å². The van der Waals surface area contributed by atoms with Crippen molar-refractivity contribution in [2.24, 2.45) is 16.6 Å². The van der Waals surface area contributed by atoms with E-state index in [0.717, 1.165) is 85.8 Å². The molecule has 216 valence electrons. The van der Waals surface area contributed by atoms with E-state index in [2.05, 4.69) is 87.9 Å². The third-order valence-electron chi connectivity index (χ3n) is 7.94. The number of aromatic amines is 2. The first-order chi connectivity index (χ1) is 20.5. The highest BCUT2D eigenvalue weighted by atomic mass is 32.1. The number of hydrogen-bond donors (Lipinski definition) is 5. The number of aromatic nitrogens is 4. The van der Waals surface area contributed by atoms with Crippen molar-refractivity contribution in [1.29, 1.82) is 0 Å². The Balaban J connectivity index is 1.31. The van der Waals surface area contributed by atoms with E-state index in [4.69, 9.17) is 15.8 Å². The molecule has 2 aliphatic heterocycles. The van der Waals surface area contributed by atoms with Crippen LogP contribution in [0.15, 0.2) is 65.5 Å². The Labute approximate surface area is 250 Å². The van der Waals surface area contributed by atoms with Gasteiger partial charge in [0, 0.05) is 50.6 Å². The number of piperidine rings is 1. The molecule has 2 aliphatic rings. The molecule has 6 heterocycles. The first kappa shape index (κ1) is 27.9. The Morgan fingerprint density at radius 2 is 2.10 bits per heavy atom. The molecule has 6 rings (SSSR count). The summed E-state index contributed by atoms with van der Waals surface area (Å²) in [5.41, 5.74) is 15.0. The summed E-state index contributed by atoms with van der Waals surface area (Å²) >= 11 is 1.68. The largest absolute Gasteiger partial charge is 0.404 e. The van der Waals surface area contributed by atoms with Crippen LogP contribution >= 0.6 is 11.3 Å². The lowest BCUT2D eigenvalue weighted by Gasteiger charge is -2.23. The van der Waals surface area contributed by atoms with Gasteiger partial charge in [0.2, 0.25) is 0 Å². The van der Waals surface area contributed by atoms with Crippen LogP contribution in [0.1, 0.15) is 60.7 Å². The number of nitrogens with one attached hydrogen (secondary N) is 4. The fourth-order valence-corrected chi connectivity index (χ4v) is 6.58. The molecule has 8 nitrogen and oxygen atoms in total. The number of fused-ring (bicyclic) bond motifs is 1. The molecule has 0 unspecified atom stereocenters. The number of aliphatic imine (C=N–C) groups is 1. The van der Waals surface area contributed by atoms with Crippen molar-refractivity contribution in [3.05, 3.63) is 92.8 Å². The molecule has 0 amide bonds. The van der Waals surface area contributed by atoms with Crippen molar-refractivity contribution in [3.63, 3.8) is 0 Å². The summed E-state index contributed by atoms with van der Waals surface area (Å²) in [7, 11) is 0. The molecule has 9 heteroatoms. The molecule has 6 N–H and O–H groups in total. The van der Waals surface area contributed by atoms with Crippen LogP contribution in [0.2, 0.25) is 0 Å². The van der Waals surface area contributed by atoms with Crippen molar-refractivity contribution in [2.75, 3.05) is 25.0 Å². The molecule has 0 atom stereocenters. The van der Waals surface area contributed by atoms with Crippen LogP contribution in [-0.4, -0.2) is 45.5 Å². The van der Waals surface area contributed by atoms with Crippen LogP contribution in [0.4, 0.5) is 5.69 Å². The number of anilines is 1. The van der Waals surface area contributed by atoms with Gasteiger partial charge in [0.1, 0.15) is 5.69 Å². The minimum Gasteiger partial charge on any atom is -0.404 e. The van der Waals surface area contributed by atoms with Crippen molar-refractivity contribution in [3.8, 4) is 11.4 Å². The van der Waals surface area contributed by atoms with Crippen molar-refractivity contribution in [1.82, 2.24) is 25.5 Å². The third kappa shape index (κ3) is 5.89. The predicted molar refractivity (Wildman–Crippen MR) is 175 cm³/mol. The normalized spacial score (nSPS) is 15.9. The second kappa shape index (κ2) is 12.3. The topological polar surface area (TPSA) is 120 Å². The van der Waals surface area contributed by atoms with Gasteiger partial charge in [-0.2, -0.15) is 5.10 Å². The molecular formula is C33H38N8S. The van der Waals surface area contributed by atoms with Crippen molar-refractivity contribution >= 4 is 40.5 Å². The lowest BCUT2D eigenvalue weighted by Crippen LogP contribution is -2.28. The predicted octanol–water partition coefficient (Wildman–Crippen LogP) is 4.71. The fourth-order valence-electron chi connectivity index (χ4n) is 5.81. The highest BCUT2D eigenvalue weighted by molar-refractivity contribution is 7.11. The van der Waals surface area contributed by atoms with Crippen LogP contribution in [0.5, 0.6) is 0 Å². The Kier molecular flexibility index (Phi) is 8.21. The number of nitrogens with two attached hydrogens (primary N) is 1. The maximum atomic E-state index is 6.16. The number of allylic oxidation sites excluding steroid dienone is 1. The molecule has 0 spiro atoms. The molecule has 42 heavy (non-hydrogen) atoms. The zero-order valence-electron chi connectivity index (χ0n) is 24.2. The van der Waals surface area contributed by atoms with E-state index < -0.39 is 0 Å².